The largest absolute Gasteiger partial charge is 0.436 e. The van der Waals surface area contributed by atoms with Gasteiger partial charge in [0.25, 0.3) is 5.88 Å². The van der Waals surface area contributed by atoms with Crippen LogP contribution in [0.4, 0.5) is 0 Å². The van der Waals surface area contributed by atoms with Gasteiger partial charge in [-0.2, -0.15) is 0 Å². The van der Waals surface area contributed by atoms with E-state index in [9.17, 15) is 4.79 Å². The number of carbonyl (C=O) groups excluding carboxylic acids is 1. The number of hydrogen-bond acceptors (Lipinski definition) is 5. The molecule has 0 aliphatic heterocycles. The van der Waals surface area contributed by atoms with Crippen LogP contribution in [0.2, 0.25) is 0 Å². The van der Waals surface area contributed by atoms with Gasteiger partial charge >= 0.3 is 0 Å². The molecule has 2 aromatic carbocycles. The maximum atomic E-state index is 12.5. The average Bonchev–Trinajstić information content (AvgIpc) is 2.71. The fraction of sp³-hybridized carbons (Fsp3) is 0.261. The normalized spacial score (nSPS) is 11.7. The monoisotopic (exact) mass is 407 g/mol. The summed E-state index contributed by atoms with van der Waals surface area (Å²) < 4.78 is 5.92. The van der Waals surface area contributed by atoms with Crippen LogP contribution in [-0.4, -0.2) is 21.6 Å². The second-order valence-electron chi connectivity index (χ2n) is 6.96. The maximum absolute atomic E-state index is 12.5. The number of nitrogens with one attached hydrogen (secondary N) is 1. The van der Waals surface area contributed by atoms with Gasteiger partial charge in [0.2, 0.25) is 5.91 Å². The minimum atomic E-state index is -0.0630. The summed E-state index contributed by atoms with van der Waals surface area (Å²) in [6.07, 6.45) is 3.18. The van der Waals surface area contributed by atoms with Gasteiger partial charge in [-0.25, -0.2) is 9.97 Å². The number of amides is 1. The molecule has 1 amide bonds. The van der Waals surface area contributed by atoms with Gasteiger partial charge in [-0.05, 0) is 56.0 Å². The summed E-state index contributed by atoms with van der Waals surface area (Å²) in [5.41, 5.74) is 4.56. The van der Waals surface area contributed by atoms with Crippen molar-refractivity contribution in [3.05, 3.63) is 77.1 Å². The van der Waals surface area contributed by atoms with Crippen LogP contribution >= 0.6 is 11.8 Å². The van der Waals surface area contributed by atoms with Gasteiger partial charge in [-0.1, -0.05) is 48.2 Å². The van der Waals surface area contributed by atoms with E-state index >= 15 is 0 Å². The molecule has 3 rings (SSSR count). The van der Waals surface area contributed by atoms with Crippen LogP contribution < -0.4 is 10.1 Å². The van der Waals surface area contributed by atoms with E-state index in [0.717, 1.165) is 16.9 Å². The van der Waals surface area contributed by atoms with Gasteiger partial charge in [0.15, 0.2) is 5.03 Å². The van der Waals surface area contributed by atoms with Crippen molar-refractivity contribution in [3.8, 4) is 11.6 Å². The number of aryl methyl sites for hydroxylation is 3. The standard InChI is InChI=1S/C23H25N3O2S/c1-15-9-10-19(13-17(15)3)18(4)26-21(27)14-29-23-22(24-11-12-25-23)28-20-8-6-5-7-16(20)2/h5-13,18H,14H2,1-4H3,(H,26,27)/t18-/m0/s1. The Kier molecular flexibility index (Phi) is 6.88. The highest BCUT2D eigenvalue weighted by Crippen LogP contribution is 2.30. The molecule has 6 heteroatoms. The molecule has 1 N–H and O–H groups in total. The molecule has 0 unspecified atom stereocenters. The molecular formula is C23H25N3O2S. The Bertz CT molecular complexity index is 1010. The van der Waals surface area contributed by atoms with Crippen molar-refractivity contribution in [1.29, 1.82) is 0 Å². The van der Waals surface area contributed by atoms with Crippen molar-refractivity contribution in [2.24, 2.45) is 0 Å². The molecule has 1 atom stereocenters. The number of hydrogen-bond donors (Lipinski definition) is 1. The minimum Gasteiger partial charge on any atom is -0.436 e. The Balaban J connectivity index is 1.61. The summed E-state index contributed by atoms with van der Waals surface area (Å²) >= 11 is 1.31. The van der Waals surface area contributed by atoms with E-state index in [1.807, 2.05) is 38.1 Å². The lowest BCUT2D eigenvalue weighted by Crippen LogP contribution is -2.28. The van der Waals surface area contributed by atoms with Crippen LogP contribution in [0, 0.1) is 20.8 Å². The van der Waals surface area contributed by atoms with E-state index in [-0.39, 0.29) is 17.7 Å². The van der Waals surface area contributed by atoms with Gasteiger partial charge < -0.3 is 10.1 Å². The number of aromatic nitrogens is 2. The van der Waals surface area contributed by atoms with Crippen LogP contribution in [-0.2, 0) is 4.79 Å². The number of nitrogens with zero attached hydrogens (tertiary/aromatic N) is 2. The van der Waals surface area contributed by atoms with Crippen molar-refractivity contribution in [1.82, 2.24) is 15.3 Å². The van der Waals surface area contributed by atoms with E-state index in [4.69, 9.17) is 4.74 Å². The molecule has 0 radical (unpaired) electrons. The Labute approximate surface area is 175 Å². The summed E-state index contributed by atoms with van der Waals surface area (Å²) in [5, 5.41) is 3.63. The Morgan fingerprint density at radius 2 is 1.79 bits per heavy atom. The van der Waals surface area contributed by atoms with E-state index in [2.05, 4.69) is 47.3 Å². The lowest BCUT2D eigenvalue weighted by atomic mass is 10.0. The SMILES string of the molecule is Cc1ccc([C@H](C)NC(=O)CSc2nccnc2Oc2ccccc2C)cc1C. The summed E-state index contributed by atoms with van der Waals surface area (Å²) in [4.78, 5) is 21.1. The first-order chi connectivity index (χ1) is 13.9. The van der Waals surface area contributed by atoms with Gasteiger partial charge in [0.05, 0.1) is 11.8 Å². The van der Waals surface area contributed by atoms with E-state index < -0.39 is 0 Å². The topological polar surface area (TPSA) is 64.1 Å². The second-order valence-corrected chi connectivity index (χ2v) is 7.92. The van der Waals surface area contributed by atoms with Crippen molar-refractivity contribution >= 4 is 17.7 Å². The number of thioether (sulfide) groups is 1. The molecule has 0 saturated carbocycles. The van der Waals surface area contributed by atoms with Crippen LogP contribution in [0.1, 0.15) is 35.2 Å². The molecule has 0 fully saturated rings. The number of benzene rings is 2. The third-order valence-corrected chi connectivity index (χ3v) is 5.64. The quantitative estimate of drug-likeness (QED) is 0.548. The highest BCUT2D eigenvalue weighted by atomic mass is 32.2. The molecule has 0 saturated heterocycles. The number of carbonyl (C=O) groups is 1. The summed E-state index contributed by atoms with van der Waals surface area (Å²) in [7, 11) is 0. The molecule has 1 heterocycles. The number of para-hydroxylation sites is 1. The van der Waals surface area contributed by atoms with Crippen LogP contribution in [0.5, 0.6) is 11.6 Å². The molecule has 29 heavy (non-hydrogen) atoms. The fourth-order valence-electron chi connectivity index (χ4n) is 2.79. The smallest absolute Gasteiger partial charge is 0.252 e. The Morgan fingerprint density at radius 3 is 2.55 bits per heavy atom. The Hall–Kier alpha value is -2.86. The molecule has 1 aromatic heterocycles. The van der Waals surface area contributed by atoms with Gasteiger partial charge in [0, 0.05) is 12.4 Å². The number of ether oxygens (including phenoxy) is 1. The van der Waals surface area contributed by atoms with Crippen LogP contribution in [0.3, 0.4) is 0 Å². The fourth-order valence-corrected chi connectivity index (χ4v) is 3.50. The number of rotatable bonds is 7. The zero-order valence-electron chi connectivity index (χ0n) is 17.1. The zero-order valence-corrected chi connectivity index (χ0v) is 17.9. The lowest BCUT2D eigenvalue weighted by Gasteiger charge is -2.16. The molecule has 0 aliphatic carbocycles. The third kappa shape index (κ3) is 5.57. The lowest BCUT2D eigenvalue weighted by molar-refractivity contribution is -0.119. The molecule has 5 nitrogen and oxygen atoms in total. The molecule has 0 aliphatic rings. The zero-order chi connectivity index (χ0) is 20.8. The van der Waals surface area contributed by atoms with Crippen molar-refractivity contribution in [2.45, 2.75) is 38.8 Å². The van der Waals surface area contributed by atoms with Gasteiger partial charge in [-0.3, -0.25) is 4.79 Å². The molecular weight excluding hydrogens is 382 g/mol. The van der Waals surface area contributed by atoms with Gasteiger partial charge in [-0.15, -0.1) is 0 Å². The summed E-state index contributed by atoms with van der Waals surface area (Å²) in [5.74, 6) is 1.30. The molecule has 0 bridgehead atoms. The predicted octanol–water partition coefficient (Wildman–Crippen LogP) is 5.16. The highest BCUT2D eigenvalue weighted by Gasteiger charge is 2.14. The first-order valence-corrected chi connectivity index (χ1v) is 10.5. The maximum Gasteiger partial charge on any atom is 0.252 e. The van der Waals surface area contributed by atoms with E-state index in [0.29, 0.717) is 10.9 Å². The molecule has 150 valence electrons. The van der Waals surface area contributed by atoms with Gasteiger partial charge in [0.1, 0.15) is 5.75 Å². The summed E-state index contributed by atoms with van der Waals surface area (Å²) in [6, 6.07) is 13.9. The van der Waals surface area contributed by atoms with Crippen LogP contribution in [0.15, 0.2) is 59.9 Å². The van der Waals surface area contributed by atoms with Crippen molar-refractivity contribution in [3.63, 3.8) is 0 Å². The van der Waals surface area contributed by atoms with Crippen molar-refractivity contribution in [2.75, 3.05) is 5.75 Å². The van der Waals surface area contributed by atoms with E-state index in [1.165, 1.54) is 22.9 Å². The van der Waals surface area contributed by atoms with Crippen LogP contribution in [0.25, 0.3) is 0 Å². The average molecular weight is 408 g/mol. The third-order valence-electron chi connectivity index (χ3n) is 4.68. The minimum absolute atomic E-state index is 0.0618. The first kappa shape index (κ1) is 20.9. The molecule has 3 aromatic rings. The highest BCUT2D eigenvalue weighted by molar-refractivity contribution is 8.00. The predicted molar refractivity (Wildman–Crippen MR) is 116 cm³/mol. The Morgan fingerprint density at radius 1 is 1.03 bits per heavy atom. The molecule has 0 spiro atoms. The van der Waals surface area contributed by atoms with Crippen molar-refractivity contribution < 1.29 is 9.53 Å². The summed E-state index contributed by atoms with van der Waals surface area (Å²) in [6.45, 7) is 8.12. The second kappa shape index (κ2) is 9.56. The first-order valence-electron chi connectivity index (χ1n) is 9.48. The van der Waals surface area contributed by atoms with E-state index in [1.54, 1.807) is 12.4 Å².